The Bertz CT molecular complexity index is 281. The lowest BCUT2D eigenvalue weighted by molar-refractivity contribution is 0.275. The number of benzene rings is 1. The van der Waals surface area contributed by atoms with Crippen molar-refractivity contribution in [3.05, 3.63) is 47.8 Å². The first kappa shape index (κ1) is 8.94. The Morgan fingerprint density at radius 1 is 1.42 bits per heavy atom. The van der Waals surface area contributed by atoms with Crippen molar-refractivity contribution in [2.75, 3.05) is 0 Å². The molecule has 0 heterocycles. The lowest BCUT2D eigenvalue weighted by atomic mass is 10.1. The number of halogens is 1. The van der Waals surface area contributed by atoms with Crippen molar-refractivity contribution in [2.24, 2.45) is 0 Å². The number of hydrogen-bond acceptors (Lipinski definition) is 1. The maximum Gasteiger partial charge on any atom is 0.132 e. The van der Waals surface area contributed by atoms with Gasteiger partial charge in [0.2, 0.25) is 0 Å². The fourth-order valence-electron chi connectivity index (χ4n) is 1.07. The van der Waals surface area contributed by atoms with Crippen molar-refractivity contribution < 1.29 is 9.50 Å². The summed E-state index contributed by atoms with van der Waals surface area (Å²) in [5, 5.41) is 8.75. The van der Waals surface area contributed by atoms with Crippen LogP contribution in [0.2, 0.25) is 0 Å². The number of rotatable bonds is 3. The predicted molar refractivity (Wildman–Crippen MR) is 46.2 cm³/mol. The van der Waals surface area contributed by atoms with Gasteiger partial charge in [-0.25, -0.2) is 4.39 Å². The molecule has 1 aromatic carbocycles. The lowest BCUT2D eigenvalue weighted by Gasteiger charge is -2.03. The van der Waals surface area contributed by atoms with Gasteiger partial charge in [0, 0.05) is 5.56 Å². The quantitative estimate of drug-likeness (QED) is 0.681. The SMILES string of the molecule is C=CCc1cccc(CO)c1F. The molecule has 1 aromatic rings. The van der Waals surface area contributed by atoms with Crippen LogP contribution in [0, 0.1) is 5.82 Å². The van der Waals surface area contributed by atoms with Gasteiger partial charge in [-0.1, -0.05) is 24.3 Å². The van der Waals surface area contributed by atoms with E-state index in [0.717, 1.165) is 0 Å². The summed E-state index contributed by atoms with van der Waals surface area (Å²) in [6.07, 6.45) is 2.14. The van der Waals surface area contributed by atoms with Crippen LogP contribution in [-0.4, -0.2) is 5.11 Å². The third kappa shape index (κ3) is 1.71. The van der Waals surface area contributed by atoms with Crippen LogP contribution in [0.1, 0.15) is 11.1 Å². The molecule has 0 saturated carbocycles. The van der Waals surface area contributed by atoms with Crippen molar-refractivity contribution in [1.29, 1.82) is 0 Å². The highest BCUT2D eigenvalue weighted by atomic mass is 19.1. The van der Waals surface area contributed by atoms with E-state index in [1.54, 1.807) is 24.3 Å². The predicted octanol–water partition coefficient (Wildman–Crippen LogP) is 2.05. The van der Waals surface area contributed by atoms with Crippen LogP contribution in [0.3, 0.4) is 0 Å². The molecule has 1 N–H and O–H groups in total. The molecule has 2 heteroatoms. The summed E-state index contributed by atoms with van der Waals surface area (Å²) in [5.41, 5.74) is 0.922. The minimum absolute atomic E-state index is 0.253. The zero-order valence-electron chi connectivity index (χ0n) is 6.76. The number of allylic oxidation sites excluding steroid dienone is 1. The average Bonchev–Trinajstić information content (AvgIpc) is 2.09. The van der Waals surface area contributed by atoms with E-state index in [0.29, 0.717) is 17.5 Å². The smallest absolute Gasteiger partial charge is 0.132 e. The van der Waals surface area contributed by atoms with Gasteiger partial charge in [0.15, 0.2) is 0 Å². The van der Waals surface area contributed by atoms with Crippen molar-refractivity contribution in [2.45, 2.75) is 13.0 Å². The molecule has 0 atom stereocenters. The molecule has 1 nitrogen and oxygen atoms in total. The van der Waals surface area contributed by atoms with Gasteiger partial charge >= 0.3 is 0 Å². The fourth-order valence-corrected chi connectivity index (χ4v) is 1.07. The molecular formula is C10H11FO. The Hall–Kier alpha value is -1.15. The molecule has 0 fully saturated rings. The molecule has 0 radical (unpaired) electrons. The van der Waals surface area contributed by atoms with E-state index in [2.05, 4.69) is 6.58 Å². The zero-order valence-corrected chi connectivity index (χ0v) is 6.76. The summed E-state index contributed by atoms with van der Waals surface area (Å²) in [5.74, 6) is -0.320. The van der Waals surface area contributed by atoms with Gasteiger partial charge < -0.3 is 5.11 Å². The molecule has 0 saturated heterocycles. The van der Waals surface area contributed by atoms with Gasteiger partial charge in [-0.3, -0.25) is 0 Å². The van der Waals surface area contributed by atoms with E-state index >= 15 is 0 Å². The first-order chi connectivity index (χ1) is 5.79. The summed E-state index contributed by atoms with van der Waals surface area (Å²) in [6, 6.07) is 4.99. The summed E-state index contributed by atoms with van der Waals surface area (Å²) < 4.78 is 13.3. The molecule has 12 heavy (non-hydrogen) atoms. The van der Waals surface area contributed by atoms with E-state index in [-0.39, 0.29) is 12.4 Å². The van der Waals surface area contributed by atoms with E-state index in [1.807, 2.05) is 0 Å². The molecule has 0 spiro atoms. The Balaban J connectivity index is 3.04. The van der Waals surface area contributed by atoms with Crippen LogP contribution in [0.25, 0.3) is 0 Å². The summed E-state index contributed by atoms with van der Waals surface area (Å²) >= 11 is 0. The monoisotopic (exact) mass is 166 g/mol. The van der Waals surface area contributed by atoms with E-state index < -0.39 is 0 Å². The van der Waals surface area contributed by atoms with Crippen LogP contribution < -0.4 is 0 Å². The first-order valence-corrected chi connectivity index (χ1v) is 3.77. The maximum absolute atomic E-state index is 13.3. The fraction of sp³-hybridized carbons (Fsp3) is 0.200. The zero-order chi connectivity index (χ0) is 8.97. The maximum atomic E-state index is 13.3. The van der Waals surface area contributed by atoms with Gasteiger partial charge in [-0.05, 0) is 12.0 Å². The standard InChI is InChI=1S/C10H11FO/c1-2-4-8-5-3-6-9(7-12)10(8)11/h2-3,5-6,12H,1,4,7H2. The topological polar surface area (TPSA) is 20.2 Å². The van der Waals surface area contributed by atoms with Crippen LogP contribution >= 0.6 is 0 Å². The van der Waals surface area contributed by atoms with Crippen molar-refractivity contribution in [1.82, 2.24) is 0 Å². The second kappa shape index (κ2) is 4.02. The van der Waals surface area contributed by atoms with Crippen LogP contribution in [0.5, 0.6) is 0 Å². The Labute approximate surface area is 71.2 Å². The summed E-state index contributed by atoms with van der Waals surface area (Å²) in [4.78, 5) is 0. The molecule has 0 aliphatic carbocycles. The van der Waals surface area contributed by atoms with Crippen molar-refractivity contribution in [3.63, 3.8) is 0 Å². The van der Waals surface area contributed by atoms with Crippen molar-refractivity contribution in [3.8, 4) is 0 Å². The second-order valence-corrected chi connectivity index (χ2v) is 2.54. The third-order valence-corrected chi connectivity index (χ3v) is 1.69. The third-order valence-electron chi connectivity index (χ3n) is 1.69. The molecule has 0 aliphatic heterocycles. The normalized spacial score (nSPS) is 9.83. The largest absolute Gasteiger partial charge is 0.392 e. The van der Waals surface area contributed by atoms with Gasteiger partial charge in [0.1, 0.15) is 5.82 Å². The number of hydrogen-bond donors (Lipinski definition) is 1. The highest BCUT2D eigenvalue weighted by molar-refractivity contribution is 5.26. The number of aliphatic hydroxyl groups is 1. The second-order valence-electron chi connectivity index (χ2n) is 2.54. The highest BCUT2D eigenvalue weighted by Crippen LogP contribution is 2.13. The minimum Gasteiger partial charge on any atom is -0.392 e. The molecule has 0 amide bonds. The van der Waals surface area contributed by atoms with Gasteiger partial charge in [-0.15, -0.1) is 6.58 Å². The molecular weight excluding hydrogens is 155 g/mol. The van der Waals surface area contributed by atoms with Gasteiger partial charge in [0.05, 0.1) is 6.61 Å². The van der Waals surface area contributed by atoms with E-state index in [9.17, 15) is 4.39 Å². The molecule has 0 aromatic heterocycles. The van der Waals surface area contributed by atoms with Crippen LogP contribution in [0.15, 0.2) is 30.9 Å². The Morgan fingerprint density at radius 3 is 2.67 bits per heavy atom. The Kier molecular flexibility index (Phi) is 3.00. The molecule has 1 rings (SSSR count). The molecule has 0 unspecified atom stereocenters. The summed E-state index contributed by atoms with van der Waals surface area (Å²) in [7, 11) is 0. The lowest BCUT2D eigenvalue weighted by Crippen LogP contribution is -1.95. The highest BCUT2D eigenvalue weighted by Gasteiger charge is 2.04. The Morgan fingerprint density at radius 2 is 2.08 bits per heavy atom. The van der Waals surface area contributed by atoms with Crippen LogP contribution in [0.4, 0.5) is 4.39 Å². The molecule has 0 bridgehead atoms. The molecule has 64 valence electrons. The molecule has 0 aliphatic rings. The number of aliphatic hydroxyl groups excluding tert-OH is 1. The first-order valence-electron chi connectivity index (χ1n) is 3.77. The average molecular weight is 166 g/mol. The van der Waals surface area contributed by atoms with Crippen molar-refractivity contribution >= 4 is 0 Å². The van der Waals surface area contributed by atoms with E-state index in [4.69, 9.17) is 5.11 Å². The van der Waals surface area contributed by atoms with Gasteiger partial charge in [-0.2, -0.15) is 0 Å². The minimum atomic E-state index is -0.320. The summed E-state index contributed by atoms with van der Waals surface area (Å²) in [6.45, 7) is 3.27. The van der Waals surface area contributed by atoms with Gasteiger partial charge in [0.25, 0.3) is 0 Å². The van der Waals surface area contributed by atoms with Crippen LogP contribution in [-0.2, 0) is 13.0 Å². The van der Waals surface area contributed by atoms with E-state index in [1.165, 1.54) is 0 Å².